The van der Waals surface area contributed by atoms with Crippen molar-refractivity contribution in [2.24, 2.45) is 11.3 Å². The zero-order valence-corrected chi connectivity index (χ0v) is 13.0. The van der Waals surface area contributed by atoms with Gasteiger partial charge in [0.25, 0.3) is 0 Å². The average molecular weight is 316 g/mol. The number of amides is 1. The number of hydrogen-bond donors (Lipinski definition) is 1. The third kappa shape index (κ3) is 2.54. The minimum Gasteiger partial charge on any atom is -0.302 e. The molecule has 0 saturated heterocycles. The first-order valence-electron chi connectivity index (χ1n) is 7.65. The van der Waals surface area contributed by atoms with Crippen molar-refractivity contribution in [2.75, 3.05) is 5.32 Å². The number of thiazole rings is 1. The smallest absolute Gasteiger partial charge is 0.229 e. The number of halogens is 1. The zero-order chi connectivity index (χ0) is 15.2. The second kappa shape index (κ2) is 5.16. The summed E-state index contributed by atoms with van der Waals surface area (Å²) in [6.07, 6.45) is 7.23. The van der Waals surface area contributed by atoms with E-state index in [9.17, 15) is 9.18 Å². The Morgan fingerprint density at radius 3 is 2.77 bits per heavy atom. The van der Waals surface area contributed by atoms with Crippen LogP contribution < -0.4 is 5.32 Å². The molecule has 2 fully saturated rings. The van der Waals surface area contributed by atoms with Crippen molar-refractivity contribution in [3.8, 4) is 0 Å². The summed E-state index contributed by atoms with van der Waals surface area (Å²) in [5.41, 5.74) is 1.39. The van der Waals surface area contributed by atoms with Gasteiger partial charge >= 0.3 is 0 Å². The predicted octanol–water partition coefficient (Wildman–Crippen LogP) is 4.00. The van der Waals surface area contributed by atoms with Gasteiger partial charge in [-0.25, -0.2) is 9.37 Å². The van der Waals surface area contributed by atoms with E-state index in [-0.39, 0.29) is 17.6 Å². The maximum absolute atomic E-state index is 12.9. The van der Waals surface area contributed by atoms with Crippen LogP contribution in [0.3, 0.4) is 0 Å². The predicted molar refractivity (Wildman–Crippen MR) is 84.3 cm³/mol. The molecule has 1 atom stereocenters. The molecule has 2 aromatic rings. The summed E-state index contributed by atoms with van der Waals surface area (Å²) in [4.78, 5) is 17.6. The molecule has 22 heavy (non-hydrogen) atoms. The van der Waals surface area contributed by atoms with Gasteiger partial charge in [0.05, 0.1) is 0 Å². The van der Waals surface area contributed by atoms with E-state index in [0.29, 0.717) is 17.0 Å². The van der Waals surface area contributed by atoms with Gasteiger partial charge in [0.15, 0.2) is 5.13 Å². The Morgan fingerprint density at radius 1 is 1.36 bits per heavy atom. The Bertz CT molecular complexity index is 706. The average Bonchev–Trinajstić information content (AvgIpc) is 3.11. The fourth-order valence-corrected chi connectivity index (χ4v) is 4.19. The van der Waals surface area contributed by atoms with Gasteiger partial charge in [-0.3, -0.25) is 4.79 Å². The molecular formula is C17H17FN2OS. The summed E-state index contributed by atoms with van der Waals surface area (Å²) in [5, 5.41) is 3.62. The third-order valence-corrected chi connectivity index (χ3v) is 5.84. The number of aromatic nitrogens is 1. The van der Waals surface area contributed by atoms with Crippen molar-refractivity contribution >= 4 is 22.4 Å². The molecule has 1 amide bonds. The topological polar surface area (TPSA) is 42.0 Å². The Labute approximate surface area is 132 Å². The lowest BCUT2D eigenvalue weighted by Gasteiger charge is -2.26. The van der Waals surface area contributed by atoms with Crippen molar-refractivity contribution in [1.82, 2.24) is 4.98 Å². The number of anilines is 1. The van der Waals surface area contributed by atoms with Crippen LogP contribution in [0.5, 0.6) is 0 Å². The number of nitrogens with one attached hydrogen (secondary N) is 1. The summed E-state index contributed by atoms with van der Waals surface area (Å²) in [5.74, 6) is 0.100. The molecule has 1 aromatic heterocycles. The van der Waals surface area contributed by atoms with Gasteiger partial charge in [-0.05, 0) is 42.4 Å². The van der Waals surface area contributed by atoms with Crippen molar-refractivity contribution in [3.63, 3.8) is 0 Å². The second-order valence-electron chi connectivity index (χ2n) is 6.40. The first-order valence-corrected chi connectivity index (χ1v) is 8.46. The van der Waals surface area contributed by atoms with Crippen molar-refractivity contribution in [2.45, 2.75) is 32.1 Å². The largest absolute Gasteiger partial charge is 0.302 e. The highest BCUT2D eigenvalue weighted by molar-refractivity contribution is 7.15. The Hall–Kier alpha value is -1.75. The minimum atomic E-state index is -0.227. The summed E-state index contributed by atoms with van der Waals surface area (Å²) < 4.78 is 12.9. The SMILES string of the molecule is O=C(Nc1ncc(Cc2ccc(F)cc2)s1)C1CC12CCC2. The number of hydrogen-bond acceptors (Lipinski definition) is 3. The van der Waals surface area contributed by atoms with E-state index in [1.807, 2.05) is 0 Å². The van der Waals surface area contributed by atoms with Crippen molar-refractivity contribution < 1.29 is 9.18 Å². The van der Waals surface area contributed by atoms with E-state index < -0.39 is 0 Å². The third-order valence-electron chi connectivity index (χ3n) is 4.93. The molecule has 0 aliphatic heterocycles. The van der Waals surface area contributed by atoms with Gasteiger partial charge in [-0.15, -0.1) is 11.3 Å². The molecule has 1 aromatic carbocycles. The monoisotopic (exact) mass is 316 g/mol. The van der Waals surface area contributed by atoms with Crippen molar-refractivity contribution in [3.05, 3.63) is 46.7 Å². The van der Waals surface area contributed by atoms with E-state index in [4.69, 9.17) is 0 Å². The highest BCUT2D eigenvalue weighted by Gasteiger charge is 2.60. The molecule has 0 bridgehead atoms. The molecule has 1 N–H and O–H groups in total. The van der Waals surface area contributed by atoms with Crippen LogP contribution in [0, 0.1) is 17.2 Å². The van der Waals surface area contributed by atoms with Crippen LogP contribution in [0.15, 0.2) is 30.5 Å². The van der Waals surface area contributed by atoms with Crippen LogP contribution in [0.25, 0.3) is 0 Å². The van der Waals surface area contributed by atoms with E-state index in [1.54, 1.807) is 18.3 Å². The Balaban J connectivity index is 1.37. The van der Waals surface area contributed by atoms with Gasteiger partial charge < -0.3 is 5.32 Å². The molecule has 5 heteroatoms. The first kappa shape index (κ1) is 13.9. The molecule has 0 radical (unpaired) electrons. The second-order valence-corrected chi connectivity index (χ2v) is 7.51. The molecule has 4 rings (SSSR count). The minimum absolute atomic E-state index is 0.127. The lowest BCUT2D eigenvalue weighted by Crippen LogP contribution is -2.23. The number of carbonyl (C=O) groups is 1. The van der Waals surface area contributed by atoms with Crippen molar-refractivity contribution in [1.29, 1.82) is 0 Å². The summed E-state index contributed by atoms with van der Waals surface area (Å²) in [7, 11) is 0. The highest BCUT2D eigenvalue weighted by atomic mass is 32.1. The summed E-state index contributed by atoms with van der Waals surface area (Å²) in [6.45, 7) is 0. The van der Waals surface area contributed by atoms with Crippen LogP contribution in [0.1, 0.15) is 36.1 Å². The summed E-state index contributed by atoms with van der Waals surface area (Å²) in [6, 6.07) is 6.48. The highest BCUT2D eigenvalue weighted by Crippen LogP contribution is 2.65. The van der Waals surface area contributed by atoms with Crippen LogP contribution in [-0.2, 0) is 11.2 Å². The molecular weight excluding hydrogens is 299 g/mol. The van der Waals surface area contributed by atoms with Gasteiger partial charge in [-0.2, -0.15) is 0 Å². The molecule has 1 unspecified atom stereocenters. The van der Waals surface area contributed by atoms with Crippen LogP contribution >= 0.6 is 11.3 Å². The molecule has 3 nitrogen and oxygen atoms in total. The zero-order valence-electron chi connectivity index (χ0n) is 12.1. The van der Waals surface area contributed by atoms with E-state index in [0.717, 1.165) is 16.9 Å². The van der Waals surface area contributed by atoms with Gasteiger partial charge in [0.1, 0.15) is 5.82 Å². The molecule has 1 heterocycles. The number of rotatable bonds is 4. The number of carbonyl (C=O) groups excluding carboxylic acids is 1. The molecule has 1 spiro atoms. The lowest BCUT2D eigenvalue weighted by atomic mass is 9.80. The van der Waals surface area contributed by atoms with Crippen LogP contribution in [0.2, 0.25) is 0 Å². The van der Waals surface area contributed by atoms with Gasteiger partial charge in [0.2, 0.25) is 5.91 Å². The van der Waals surface area contributed by atoms with Crippen LogP contribution in [-0.4, -0.2) is 10.9 Å². The maximum Gasteiger partial charge on any atom is 0.229 e. The van der Waals surface area contributed by atoms with Gasteiger partial charge in [0, 0.05) is 23.4 Å². The maximum atomic E-state index is 12.9. The van der Waals surface area contributed by atoms with E-state index in [1.165, 1.54) is 42.7 Å². The molecule has 2 aliphatic rings. The molecule has 2 aliphatic carbocycles. The van der Waals surface area contributed by atoms with E-state index >= 15 is 0 Å². The normalized spacial score (nSPS) is 21.4. The first-order chi connectivity index (χ1) is 10.6. The Kier molecular flexibility index (Phi) is 3.26. The van der Waals surface area contributed by atoms with Crippen LogP contribution in [0.4, 0.5) is 9.52 Å². The number of nitrogens with zero attached hydrogens (tertiary/aromatic N) is 1. The lowest BCUT2D eigenvalue weighted by molar-refractivity contribution is -0.118. The molecule has 114 valence electrons. The molecule has 2 saturated carbocycles. The fraction of sp³-hybridized carbons (Fsp3) is 0.412. The Morgan fingerprint density at radius 2 is 2.14 bits per heavy atom. The van der Waals surface area contributed by atoms with Gasteiger partial charge in [-0.1, -0.05) is 18.6 Å². The number of benzene rings is 1. The fourth-order valence-electron chi connectivity index (χ4n) is 3.34. The van der Waals surface area contributed by atoms with E-state index in [2.05, 4.69) is 10.3 Å². The summed E-state index contributed by atoms with van der Waals surface area (Å²) >= 11 is 1.49. The standard InChI is InChI=1S/C17H17FN2OS/c18-12-4-2-11(3-5-12)8-13-10-19-16(22-13)20-15(21)14-9-17(14)6-1-7-17/h2-5,10,14H,1,6-9H2,(H,19,20,21). The quantitative estimate of drug-likeness (QED) is 0.926.